The van der Waals surface area contributed by atoms with E-state index in [0.717, 1.165) is 48.9 Å². The first-order valence-electron chi connectivity index (χ1n) is 16.4. The normalized spacial score (nSPS) is 24.1. The van der Waals surface area contributed by atoms with E-state index in [1.165, 1.54) is 99.3 Å². The smallest absolute Gasteiger partial charge is 0.125 e. The first kappa shape index (κ1) is 29.2. The SMILES string of the molecule is CCc1cc(-c2ccc(C3CCC(CCC4CCC(C)CC4)CC3)cc2)cc(CC)c1OCC(CC)CC. The molecule has 1 heteroatoms. The van der Waals surface area contributed by atoms with Crippen LogP contribution in [0.5, 0.6) is 5.75 Å². The van der Waals surface area contributed by atoms with E-state index in [4.69, 9.17) is 4.74 Å². The molecule has 2 saturated carbocycles. The van der Waals surface area contributed by atoms with Crippen molar-refractivity contribution in [1.82, 2.24) is 0 Å². The van der Waals surface area contributed by atoms with E-state index in [9.17, 15) is 0 Å². The molecule has 2 aromatic carbocycles. The molecule has 4 rings (SSSR count). The van der Waals surface area contributed by atoms with E-state index >= 15 is 0 Å². The molecule has 0 radical (unpaired) electrons. The van der Waals surface area contributed by atoms with Gasteiger partial charge in [-0.05, 0) is 108 Å². The van der Waals surface area contributed by atoms with Crippen LogP contribution in [-0.4, -0.2) is 6.61 Å². The van der Waals surface area contributed by atoms with Crippen LogP contribution in [0.25, 0.3) is 11.1 Å². The molecule has 0 unspecified atom stereocenters. The van der Waals surface area contributed by atoms with Crippen molar-refractivity contribution < 1.29 is 4.74 Å². The average Bonchev–Trinajstić information content (AvgIpc) is 2.97. The standard InChI is InChI=1S/C37H56O/c1-6-28(7-2)26-38-37-31(8-3)24-36(25-32(37)9-4)35-22-20-34(21-23-35)33-18-16-30(17-19-33)15-14-29-12-10-27(5)11-13-29/h20-25,27-30,33H,6-19,26H2,1-5H3. The zero-order valence-corrected chi connectivity index (χ0v) is 25.4. The van der Waals surface area contributed by atoms with E-state index in [1.54, 1.807) is 5.56 Å². The largest absolute Gasteiger partial charge is 0.493 e. The number of ether oxygens (including phenoxy) is 1. The molecule has 0 amide bonds. The molecular formula is C37H56O. The van der Waals surface area contributed by atoms with Gasteiger partial charge in [0.25, 0.3) is 0 Å². The van der Waals surface area contributed by atoms with Gasteiger partial charge < -0.3 is 4.74 Å². The molecule has 0 bridgehead atoms. The summed E-state index contributed by atoms with van der Waals surface area (Å²) in [5.41, 5.74) is 6.97. The molecule has 0 spiro atoms. The third-order valence-corrected chi connectivity index (χ3v) is 10.3. The molecule has 0 aliphatic heterocycles. The van der Waals surface area contributed by atoms with Gasteiger partial charge >= 0.3 is 0 Å². The van der Waals surface area contributed by atoms with Crippen LogP contribution >= 0.6 is 0 Å². The minimum Gasteiger partial charge on any atom is -0.493 e. The van der Waals surface area contributed by atoms with Crippen molar-refractivity contribution in [2.45, 2.75) is 130 Å². The highest BCUT2D eigenvalue weighted by atomic mass is 16.5. The second-order valence-corrected chi connectivity index (χ2v) is 12.9. The summed E-state index contributed by atoms with van der Waals surface area (Å²) in [5.74, 6) is 5.55. The maximum absolute atomic E-state index is 6.45. The van der Waals surface area contributed by atoms with Crippen molar-refractivity contribution in [3.8, 4) is 16.9 Å². The van der Waals surface area contributed by atoms with E-state index in [0.29, 0.717) is 5.92 Å². The first-order chi connectivity index (χ1) is 18.5. The minimum absolute atomic E-state index is 0.646. The van der Waals surface area contributed by atoms with Gasteiger partial charge in [-0.3, -0.25) is 0 Å². The number of aryl methyl sites for hydroxylation is 2. The Kier molecular flexibility index (Phi) is 11.2. The number of benzene rings is 2. The Morgan fingerprint density at radius 2 is 1.21 bits per heavy atom. The first-order valence-corrected chi connectivity index (χ1v) is 16.4. The molecule has 0 aromatic heterocycles. The Hall–Kier alpha value is -1.76. The van der Waals surface area contributed by atoms with Gasteiger partial charge in [0, 0.05) is 0 Å². The summed E-state index contributed by atoms with van der Waals surface area (Å²) in [6.07, 6.45) is 19.0. The number of rotatable bonds is 12. The lowest BCUT2D eigenvalue weighted by Gasteiger charge is -2.31. The molecule has 0 atom stereocenters. The molecule has 0 saturated heterocycles. The molecule has 1 nitrogen and oxygen atoms in total. The lowest BCUT2D eigenvalue weighted by Crippen LogP contribution is -2.17. The zero-order chi connectivity index (χ0) is 26.9. The molecule has 0 heterocycles. The van der Waals surface area contributed by atoms with Gasteiger partial charge in [-0.2, -0.15) is 0 Å². The monoisotopic (exact) mass is 516 g/mol. The molecule has 210 valence electrons. The highest BCUT2D eigenvalue weighted by Gasteiger charge is 2.24. The summed E-state index contributed by atoms with van der Waals surface area (Å²) >= 11 is 0. The van der Waals surface area contributed by atoms with Crippen LogP contribution in [0.15, 0.2) is 36.4 Å². The van der Waals surface area contributed by atoms with Crippen molar-refractivity contribution in [2.75, 3.05) is 6.61 Å². The summed E-state index contributed by atoms with van der Waals surface area (Å²) in [7, 11) is 0. The Labute approximate surface area is 235 Å². The topological polar surface area (TPSA) is 9.23 Å². The van der Waals surface area contributed by atoms with Gasteiger partial charge in [-0.15, -0.1) is 0 Å². The van der Waals surface area contributed by atoms with Crippen LogP contribution < -0.4 is 4.74 Å². The highest BCUT2D eigenvalue weighted by Crippen LogP contribution is 2.40. The van der Waals surface area contributed by atoms with Gasteiger partial charge in [0.1, 0.15) is 5.75 Å². The van der Waals surface area contributed by atoms with Crippen LogP contribution in [0.1, 0.15) is 134 Å². The third kappa shape index (κ3) is 7.67. The van der Waals surface area contributed by atoms with E-state index in [-0.39, 0.29) is 0 Å². The minimum atomic E-state index is 0.646. The van der Waals surface area contributed by atoms with Crippen LogP contribution in [-0.2, 0) is 12.8 Å². The fraction of sp³-hybridized carbons (Fsp3) is 0.676. The fourth-order valence-corrected chi connectivity index (χ4v) is 7.18. The van der Waals surface area contributed by atoms with Crippen molar-refractivity contribution in [3.05, 3.63) is 53.1 Å². The lowest BCUT2D eigenvalue weighted by molar-refractivity contribution is 0.237. The quantitative estimate of drug-likeness (QED) is 0.272. The Bertz CT molecular complexity index is 928. The zero-order valence-electron chi connectivity index (χ0n) is 25.4. The van der Waals surface area contributed by atoms with Gasteiger partial charge in [-0.25, -0.2) is 0 Å². The molecular weight excluding hydrogens is 460 g/mol. The van der Waals surface area contributed by atoms with Crippen molar-refractivity contribution >= 4 is 0 Å². The lowest BCUT2D eigenvalue weighted by atomic mass is 9.74. The summed E-state index contributed by atoms with van der Waals surface area (Å²) in [6, 6.07) is 14.4. The van der Waals surface area contributed by atoms with E-state index in [2.05, 4.69) is 71.0 Å². The van der Waals surface area contributed by atoms with E-state index in [1.807, 2.05) is 0 Å². The third-order valence-electron chi connectivity index (χ3n) is 10.3. The van der Waals surface area contributed by atoms with Gasteiger partial charge in [0.15, 0.2) is 0 Å². The molecule has 38 heavy (non-hydrogen) atoms. The second kappa shape index (κ2) is 14.6. The highest BCUT2D eigenvalue weighted by molar-refractivity contribution is 5.68. The van der Waals surface area contributed by atoms with Gasteiger partial charge in [0.05, 0.1) is 6.61 Å². The van der Waals surface area contributed by atoms with Crippen LogP contribution in [0, 0.1) is 23.7 Å². The predicted octanol–water partition coefficient (Wildman–Crippen LogP) is 11.2. The molecule has 2 fully saturated rings. The van der Waals surface area contributed by atoms with Gasteiger partial charge in [0.2, 0.25) is 0 Å². The van der Waals surface area contributed by atoms with E-state index < -0.39 is 0 Å². The number of hydrogen-bond acceptors (Lipinski definition) is 1. The maximum atomic E-state index is 6.45. The Balaban J connectivity index is 1.34. The summed E-state index contributed by atoms with van der Waals surface area (Å²) in [4.78, 5) is 0. The molecule has 0 N–H and O–H groups in total. The molecule has 2 aromatic rings. The van der Waals surface area contributed by atoms with Crippen LogP contribution in [0.2, 0.25) is 0 Å². The summed E-state index contributed by atoms with van der Waals surface area (Å²) < 4.78 is 6.45. The predicted molar refractivity (Wildman–Crippen MR) is 165 cm³/mol. The van der Waals surface area contributed by atoms with Crippen molar-refractivity contribution in [3.63, 3.8) is 0 Å². The van der Waals surface area contributed by atoms with Crippen molar-refractivity contribution in [1.29, 1.82) is 0 Å². The maximum Gasteiger partial charge on any atom is 0.125 e. The molecule has 2 aliphatic carbocycles. The van der Waals surface area contributed by atoms with Gasteiger partial charge in [-0.1, -0.05) is 110 Å². The Morgan fingerprint density at radius 3 is 1.71 bits per heavy atom. The molecule has 2 aliphatic rings. The summed E-state index contributed by atoms with van der Waals surface area (Å²) in [5, 5.41) is 0. The van der Waals surface area contributed by atoms with Crippen molar-refractivity contribution in [2.24, 2.45) is 23.7 Å². The number of hydrogen-bond donors (Lipinski definition) is 0. The Morgan fingerprint density at radius 1 is 0.684 bits per heavy atom. The average molecular weight is 517 g/mol. The van der Waals surface area contributed by atoms with Crippen LogP contribution in [0.4, 0.5) is 0 Å². The fourth-order valence-electron chi connectivity index (χ4n) is 7.18. The summed E-state index contributed by atoms with van der Waals surface area (Å²) in [6.45, 7) is 12.3. The van der Waals surface area contributed by atoms with Crippen LogP contribution in [0.3, 0.4) is 0 Å². The second-order valence-electron chi connectivity index (χ2n) is 12.9.